The predicted octanol–water partition coefficient (Wildman–Crippen LogP) is 4.84. The van der Waals surface area contributed by atoms with Crippen molar-refractivity contribution in [3.63, 3.8) is 0 Å². The summed E-state index contributed by atoms with van der Waals surface area (Å²) < 4.78 is 15.8. The Hall–Kier alpha value is -2.57. The maximum absolute atomic E-state index is 12.2. The van der Waals surface area contributed by atoms with E-state index in [0.29, 0.717) is 21.5 Å². The second-order valence-corrected chi connectivity index (χ2v) is 6.61. The van der Waals surface area contributed by atoms with Crippen LogP contribution in [0.3, 0.4) is 0 Å². The van der Waals surface area contributed by atoms with Gasteiger partial charge in [0.1, 0.15) is 11.6 Å². The van der Waals surface area contributed by atoms with Crippen LogP contribution in [0.4, 0.5) is 0 Å². The number of aromatic nitrogens is 1. The first-order valence-corrected chi connectivity index (χ1v) is 8.96. The van der Waals surface area contributed by atoms with Crippen molar-refractivity contribution in [1.82, 2.24) is 4.98 Å². The third-order valence-corrected chi connectivity index (χ3v) is 4.73. The summed E-state index contributed by atoms with van der Waals surface area (Å²) in [5.41, 5.74) is 1.92. The Bertz CT molecular complexity index is 925. The monoisotopic (exact) mass is 389 g/mol. The lowest BCUT2D eigenvalue weighted by molar-refractivity contribution is 0.0467. The highest BCUT2D eigenvalue weighted by molar-refractivity contribution is 7.13. The summed E-state index contributed by atoms with van der Waals surface area (Å²) in [4.78, 5) is 16.6. The zero-order chi connectivity index (χ0) is 18.5. The first kappa shape index (κ1) is 18.2. The summed E-state index contributed by atoms with van der Waals surface area (Å²) in [5, 5.41) is 2.97. The molecule has 0 radical (unpaired) electrons. The van der Waals surface area contributed by atoms with E-state index in [1.807, 2.05) is 24.3 Å². The van der Waals surface area contributed by atoms with Crippen LogP contribution in [0.5, 0.6) is 11.5 Å². The number of carbonyl (C=O) groups is 1. The second-order valence-electron chi connectivity index (χ2n) is 5.31. The van der Waals surface area contributed by atoms with E-state index in [4.69, 9.17) is 25.8 Å². The quantitative estimate of drug-likeness (QED) is 0.565. The Morgan fingerprint density at radius 3 is 2.65 bits per heavy atom. The van der Waals surface area contributed by atoms with Crippen molar-refractivity contribution < 1.29 is 19.0 Å². The minimum atomic E-state index is -0.479. The summed E-state index contributed by atoms with van der Waals surface area (Å²) in [5.74, 6) is 0.757. The number of methoxy groups -OCH3 is 2. The van der Waals surface area contributed by atoms with Gasteiger partial charge in [0.05, 0.1) is 14.2 Å². The molecule has 0 aliphatic carbocycles. The van der Waals surface area contributed by atoms with Gasteiger partial charge in [0.25, 0.3) is 0 Å². The summed E-state index contributed by atoms with van der Waals surface area (Å²) in [6.07, 6.45) is 0. The van der Waals surface area contributed by atoms with E-state index < -0.39 is 5.97 Å². The van der Waals surface area contributed by atoms with Gasteiger partial charge in [-0.1, -0.05) is 23.7 Å². The number of hydrogen-bond donors (Lipinski definition) is 0. The van der Waals surface area contributed by atoms with Gasteiger partial charge >= 0.3 is 5.97 Å². The standard InChI is InChI=1S/C19H16ClNO4S/c1-23-16-7-6-13(9-17(16)24-2)18-21-15(11-26-18)19(22)25-10-12-4-3-5-14(20)8-12/h3-9,11H,10H2,1-2H3. The normalized spacial score (nSPS) is 10.4. The molecule has 0 amide bonds. The largest absolute Gasteiger partial charge is 0.493 e. The van der Waals surface area contributed by atoms with Gasteiger partial charge in [0.15, 0.2) is 17.2 Å². The van der Waals surface area contributed by atoms with Crippen LogP contribution < -0.4 is 9.47 Å². The van der Waals surface area contributed by atoms with Crippen molar-refractivity contribution >= 4 is 28.9 Å². The average molecular weight is 390 g/mol. The number of rotatable bonds is 6. The van der Waals surface area contributed by atoms with E-state index >= 15 is 0 Å². The highest BCUT2D eigenvalue weighted by Crippen LogP contribution is 2.33. The molecule has 0 bridgehead atoms. The second kappa shape index (κ2) is 8.21. The summed E-state index contributed by atoms with van der Waals surface area (Å²) in [6.45, 7) is 0.141. The fraction of sp³-hybridized carbons (Fsp3) is 0.158. The number of halogens is 1. The SMILES string of the molecule is COc1ccc(-c2nc(C(=O)OCc3cccc(Cl)c3)cs2)cc1OC. The van der Waals surface area contributed by atoms with Gasteiger partial charge in [-0.25, -0.2) is 9.78 Å². The van der Waals surface area contributed by atoms with Gasteiger partial charge < -0.3 is 14.2 Å². The molecule has 134 valence electrons. The molecular formula is C19H16ClNO4S. The molecule has 0 N–H and O–H groups in total. The van der Waals surface area contributed by atoms with Gasteiger partial charge in [-0.15, -0.1) is 11.3 Å². The Morgan fingerprint density at radius 2 is 1.92 bits per heavy atom. The predicted molar refractivity (Wildman–Crippen MR) is 101 cm³/mol. The molecule has 0 saturated heterocycles. The molecule has 0 saturated carbocycles. The first-order chi connectivity index (χ1) is 12.6. The van der Waals surface area contributed by atoms with Crippen LogP contribution in [-0.4, -0.2) is 25.2 Å². The van der Waals surface area contributed by atoms with Gasteiger partial charge in [-0.3, -0.25) is 0 Å². The summed E-state index contributed by atoms with van der Waals surface area (Å²) in [6, 6.07) is 12.7. The van der Waals surface area contributed by atoms with Crippen LogP contribution in [0.25, 0.3) is 10.6 Å². The van der Waals surface area contributed by atoms with Gasteiger partial charge in [-0.2, -0.15) is 0 Å². The van der Waals surface area contributed by atoms with Crippen LogP contribution in [0.2, 0.25) is 5.02 Å². The topological polar surface area (TPSA) is 57.7 Å². The van der Waals surface area contributed by atoms with E-state index in [-0.39, 0.29) is 12.3 Å². The highest BCUT2D eigenvalue weighted by Gasteiger charge is 2.15. The number of thiazole rings is 1. The third-order valence-electron chi connectivity index (χ3n) is 3.60. The number of ether oxygens (including phenoxy) is 3. The van der Waals surface area contributed by atoms with E-state index in [0.717, 1.165) is 11.1 Å². The zero-order valence-electron chi connectivity index (χ0n) is 14.2. The van der Waals surface area contributed by atoms with Crippen LogP contribution >= 0.6 is 22.9 Å². The fourth-order valence-electron chi connectivity index (χ4n) is 2.32. The van der Waals surface area contributed by atoms with Gasteiger partial charge in [0.2, 0.25) is 0 Å². The lowest BCUT2D eigenvalue weighted by Gasteiger charge is -2.08. The molecule has 0 unspecified atom stereocenters. The van der Waals surface area contributed by atoms with Gasteiger partial charge in [0, 0.05) is 16.0 Å². The molecule has 2 aromatic carbocycles. The van der Waals surface area contributed by atoms with Crippen molar-refractivity contribution in [2.45, 2.75) is 6.61 Å². The van der Waals surface area contributed by atoms with E-state index in [1.54, 1.807) is 37.8 Å². The molecular weight excluding hydrogens is 374 g/mol. The van der Waals surface area contributed by atoms with Crippen LogP contribution in [-0.2, 0) is 11.3 Å². The number of nitrogens with zero attached hydrogens (tertiary/aromatic N) is 1. The van der Waals surface area contributed by atoms with Gasteiger partial charge in [-0.05, 0) is 35.9 Å². The number of carbonyl (C=O) groups excluding carboxylic acids is 1. The molecule has 3 rings (SSSR count). The van der Waals surface area contributed by atoms with Crippen molar-refractivity contribution in [2.75, 3.05) is 14.2 Å². The highest BCUT2D eigenvalue weighted by atomic mass is 35.5. The van der Waals surface area contributed by atoms with Crippen LogP contribution in [0.1, 0.15) is 16.1 Å². The summed E-state index contributed by atoms with van der Waals surface area (Å²) >= 11 is 7.28. The van der Waals surface area contributed by atoms with E-state index in [1.165, 1.54) is 11.3 Å². The number of esters is 1. The van der Waals surface area contributed by atoms with Crippen molar-refractivity contribution in [2.24, 2.45) is 0 Å². The molecule has 0 aliphatic heterocycles. The smallest absolute Gasteiger partial charge is 0.358 e. The van der Waals surface area contributed by atoms with Crippen molar-refractivity contribution in [3.8, 4) is 22.1 Å². The Kier molecular flexibility index (Phi) is 5.75. The lowest BCUT2D eigenvalue weighted by Crippen LogP contribution is -2.05. The average Bonchev–Trinajstić information content (AvgIpc) is 3.16. The maximum atomic E-state index is 12.2. The van der Waals surface area contributed by atoms with Crippen LogP contribution in [0, 0.1) is 0 Å². The molecule has 0 fully saturated rings. The van der Waals surface area contributed by atoms with Crippen LogP contribution in [0.15, 0.2) is 47.8 Å². The maximum Gasteiger partial charge on any atom is 0.358 e. The summed E-state index contributed by atoms with van der Waals surface area (Å²) in [7, 11) is 3.15. The minimum Gasteiger partial charge on any atom is -0.493 e. The Morgan fingerprint density at radius 1 is 1.12 bits per heavy atom. The Labute approximate surface area is 160 Å². The minimum absolute atomic E-state index is 0.141. The molecule has 26 heavy (non-hydrogen) atoms. The first-order valence-electron chi connectivity index (χ1n) is 7.70. The molecule has 1 heterocycles. The lowest BCUT2D eigenvalue weighted by atomic mass is 10.2. The third kappa shape index (κ3) is 4.15. The van der Waals surface area contributed by atoms with Crippen molar-refractivity contribution in [3.05, 3.63) is 64.1 Å². The molecule has 3 aromatic rings. The van der Waals surface area contributed by atoms with E-state index in [2.05, 4.69) is 4.98 Å². The molecule has 0 atom stereocenters. The molecule has 5 nitrogen and oxygen atoms in total. The number of benzene rings is 2. The Balaban J connectivity index is 1.72. The zero-order valence-corrected chi connectivity index (χ0v) is 15.8. The van der Waals surface area contributed by atoms with Crippen molar-refractivity contribution in [1.29, 1.82) is 0 Å². The molecule has 7 heteroatoms. The molecule has 0 spiro atoms. The number of hydrogen-bond acceptors (Lipinski definition) is 6. The molecule has 0 aliphatic rings. The fourth-order valence-corrected chi connectivity index (χ4v) is 3.32. The molecule has 1 aromatic heterocycles. The van der Waals surface area contributed by atoms with E-state index in [9.17, 15) is 4.79 Å².